The fourth-order valence-electron chi connectivity index (χ4n) is 3.26. The molecule has 2 aliphatic rings. The van der Waals surface area contributed by atoms with Gasteiger partial charge in [0.05, 0.1) is 18.8 Å². The summed E-state index contributed by atoms with van der Waals surface area (Å²) in [5.74, 6) is 0.571. The number of ether oxygens (including phenoxy) is 3. The van der Waals surface area contributed by atoms with E-state index in [0.717, 1.165) is 45.8 Å². The summed E-state index contributed by atoms with van der Waals surface area (Å²) in [6.45, 7) is 7.94. The first-order valence-corrected chi connectivity index (χ1v) is 7.37. The molecule has 2 saturated heterocycles. The van der Waals surface area contributed by atoms with Gasteiger partial charge in [-0.25, -0.2) is 0 Å². The minimum absolute atomic E-state index is 0.201. The minimum Gasteiger partial charge on any atom is -0.381 e. The monoisotopic (exact) mass is 272 g/mol. The predicted molar refractivity (Wildman–Crippen MR) is 74.4 cm³/mol. The standard InChI is InChI=1S/C14H28N2O3/c1-4-15-12-5-6-19-10-11(12)7-16-8-13(17-2)14(9-16)18-3/h11-15H,4-10H2,1-3H3. The summed E-state index contributed by atoms with van der Waals surface area (Å²) in [7, 11) is 3.54. The Hall–Kier alpha value is -0.200. The normalized spacial score (nSPS) is 36.8. The first-order chi connectivity index (χ1) is 9.28. The fraction of sp³-hybridized carbons (Fsp3) is 1.00. The Morgan fingerprint density at radius 2 is 1.89 bits per heavy atom. The Bertz CT molecular complexity index is 251. The molecule has 2 heterocycles. The van der Waals surface area contributed by atoms with Gasteiger partial charge in [0.1, 0.15) is 0 Å². The van der Waals surface area contributed by atoms with Crippen LogP contribution in [-0.2, 0) is 14.2 Å². The van der Waals surface area contributed by atoms with Crippen LogP contribution in [-0.4, -0.2) is 76.8 Å². The summed E-state index contributed by atoms with van der Waals surface area (Å²) in [6, 6.07) is 0.585. The molecule has 2 rings (SSSR count). The topological polar surface area (TPSA) is 43.0 Å². The molecule has 1 N–H and O–H groups in total. The van der Waals surface area contributed by atoms with E-state index in [1.165, 1.54) is 0 Å². The zero-order valence-corrected chi connectivity index (χ0v) is 12.4. The lowest BCUT2D eigenvalue weighted by Crippen LogP contribution is -2.47. The van der Waals surface area contributed by atoms with Gasteiger partial charge in [-0.15, -0.1) is 0 Å². The van der Waals surface area contributed by atoms with Crippen molar-refractivity contribution in [3.8, 4) is 0 Å². The first-order valence-electron chi connectivity index (χ1n) is 7.37. The molecule has 0 aliphatic carbocycles. The van der Waals surface area contributed by atoms with Crippen molar-refractivity contribution in [2.24, 2.45) is 5.92 Å². The van der Waals surface area contributed by atoms with Gasteiger partial charge in [-0.05, 0) is 13.0 Å². The lowest BCUT2D eigenvalue weighted by Gasteiger charge is -2.34. The lowest BCUT2D eigenvalue weighted by atomic mass is 9.95. The number of hydrogen-bond acceptors (Lipinski definition) is 5. The molecule has 0 aromatic carbocycles. The Labute approximate surface area is 116 Å². The lowest BCUT2D eigenvalue weighted by molar-refractivity contribution is -0.00461. The molecule has 0 amide bonds. The SMILES string of the molecule is CCNC1CCOCC1CN1CC(OC)C(OC)C1. The van der Waals surface area contributed by atoms with Crippen molar-refractivity contribution < 1.29 is 14.2 Å². The number of hydrogen-bond donors (Lipinski definition) is 1. The summed E-state index contributed by atoms with van der Waals surface area (Å²) in [6.07, 6.45) is 1.52. The second kappa shape index (κ2) is 7.55. The average molecular weight is 272 g/mol. The van der Waals surface area contributed by atoms with Gasteiger partial charge in [-0.2, -0.15) is 0 Å². The summed E-state index contributed by atoms with van der Waals surface area (Å²) >= 11 is 0. The molecule has 0 spiro atoms. The van der Waals surface area contributed by atoms with Gasteiger partial charge >= 0.3 is 0 Å². The third-order valence-electron chi connectivity index (χ3n) is 4.33. The molecule has 2 aliphatic heterocycles. The average Bonchev–Trinajstić information content (AvgIpc) is 2.83. The van der Waals surface area contributed by atoms with Gasteiger partial charge in [-0.3, -0.25) is 4.90 Å². The van der Waals surface area contributed by atoms with Gasteiger partial charge in [0.2, 0.25) is 0 Å². The number of nitrogens with one attached hydrogen (secondary N) is 1. The van der Waals surface area contributed by atoms with Crippen LogP contribution in [0.5, 0.6) is 0 Å². The van der Waals surface area contributed by atoms with E-state index in [9.17, 15) is 0 Å². The number of nitrogens with zero attached hydrogens (tertiary/aromatic N) is 1. The molecule has 5 heteroatoms. The third kappa shape index (κ3) is 3.89. The van der Waals surface area contributed by atoms with Crippen LogP contribution in [0, 0.1) is 5.92 Å². The summed E-state index contributed by atoms with van der Waals surface area (Å²) in [5, 5.41) is 3.59. The van der Waals surface area contributed by atoms with Crippen LogP contribution in [0.3, 0.4) is 0 Å². The Morgan fingerprint density at radius 1 is 1.21 bits per heavy atom. The van der Waals surface area contributed by atoms with E-state index >= 15 is 0 Å². The minimum atomic E-state index is 0.201. The Morgan fingerprint density at radius 3 is 2.47 bits per heavy atom. The van der Waals surface area contributed by atoms with E-state index in [1.807, 2.05) is 0 Å². The van der Waals surface area contributed by atoms with Crippen LogP contribution in [0.15, 0.2) is 0 Å². The summed E-state index contributed by atoms with van der Waals surface area (Å²) in [5.41, 5.74) is 0. The van der Waals surface area contributed by atoms with E-state index < -0.39 is 0 Å². The van der Waals surface area contributed by atoms with Crippen molar-refractivity contribution in [2.45, 2.75) is 31.6 Å². The Balaban J connectivity index is 1.85. The summed E-state index contributed by atoms with van der Waals surface area (Å²) in [4.78, 5) is 2.45. The maximum atomic E-state index is 5.65. The zero-order valence-electron chi connectivity index (χ0n) is 12.4. The van der Waals surface area contributed by atoms with E-state index in [1.54, 1.807) is 14.2 Å². The molecular weight excluding hydrogens is 244 g/mol. The molecule has 19 heavy (non-hydrogen) atoms. The van der Waals surface area contributed by atoms with Crippen molar-refractivity contribution in [1.29, 1.82) is 0 Å². The molecule has 4 atom stereocenters. The van der Waals surface area contributed by atoms with Crippen LogP contribution in [0.2, 0.25) is 0 Å². The molecule has 0 saturated carbocycles. The second-order valence-electron chi connectivity index (χ2n) is 5.55. The van der Waals surface area contributed by atoms with Crippen LogP contribution in [0.25, 0.3) is 0 Å². The third-order valence-corrected chi connectivity index (χ3v) is 4.33. The fourth-order valence-corrected chi connectivity index (χ4v) is 3.26. The van der Waals surface area contributed by atoms with Crippen LogP contribution < -0.4 is 5.32 Å². The van der Waals surface area contributed by atoms with E-state index in [-0.39, 0.29) is 12.2 Å². The molecule has 0 aromatic heterocycles. The van der Waals surface area contributed by atoms with E-state index in [2.05, 4.69) is 17.1 Å². The molecule has 112 valence electrons. The quantitative estimate of drug-likeness (QED) is 0.755. The largest absolute Gasteiger partial charge is 0.381 e. The smallest absolute Gasteiger partial charge is 0.0971 e. The number of likely N-dealkylation sites (tertiary alicyclic amines) is 1. The Kier molecular flexibility index (Phi) is 6.04. The van der Waals surface area contributed by atoms with Gasteiger partial charge in [-0.1, -0.05) is 6.92 Å². The highest BCUT2D eigenvalue weighted by atomic mass is 16.5. The highest BCUT2D eigenvalue weighted by Gasteiger charge is 2.35. The number of methoxy groups -OCH3 is 2. The van der Waals surface area contributed by atoms with Gasteiger partial charge < -0.3 is 19.5 Å². The highest BCUT2D eigenvalue weighted by molar-refractivity contribution is 4.89. The van der Waals surface area contributed by atoms with Crippen LogP contribution in [0.1, 0.15) is 13.3 Å². The molecule has 0 radical (unpaired) electrons. The van der Waals surface area contributed by atoms with E-state index in [4.69, 9.17) is 14.2 Å². The molecule has 4 unspecified atom stereocenters. The van der Waals surface area contributed by atoms with Crippen molar-refractivity contribution in [1.82, 2.24) is 10.2 Å². The maximum absolute atomic E-state index is 5.65. The molecule has 0 aromatic rings. The van der Waals surface area contributed by atoms with E-state index in [0.29, 0.717) is 12.0 Å². The molecule has 2 fully saturated rings. The molecule has 5 nitrogen and oxygen atoms in total. The zero-order chi connectivity index (χ0) is 13.7. The van der Waals surface area contributed by atoms with Crippen LogP contribution >= 0.6 is 0 Å². The molecule has 0 bridgehead atoms. The van der Waals surface area contributed by atoms with Gasteiger partial charge in [0.15, 0.2) is 0 Å². The van der Waals surface area contributed by atoms with Crippen molar-refractivity contribution in [3.63, 3.8) is 0 Å². The van der Waals surface area contributed by atoms with Crippen molar-refractivity contribution >= 4 is 0 Å². The maximum Gasteiger partial charge on any atom is 0.0971 e. The van der Waals surface area contributed by atoms with Gasteiger partial charge in [0, 0.05) is 52.4 Å². The van der Waals surface area contributed by atoms with Crippen molar-refractivity contribution in [3.05, 3.63) is 0 Å². The highest BCUT2D eigenvalue weighted by Crippen LogP contribution is 2.21. The number of rotatable bonds is 6. The van der Waals surface area contributed by atoms with Crippen molar-refractivity contribution in [2.75, 3.05) is 53.6 Å². The predicted octanol–water partition coefficient (Wildman–Crippen LogP) is 0.347. The van der Waals surface area contributed by atoms with Gasteiger partial charge in [0.25, 0.3) is 0 Å². The molecular formula is C14H28N2O3. The second-order valence-corrected chi connectivity index (χ2v) is 5.55. The summed E-state index contributed by atoms with van der Waals surface area (Å²) < 4.78 is 16.6. The van der Waals surface area contributed by atoms with Crippen LogP contribution in [0.4, 0.5) is 0 Å². The first kappa shape index (κ1) is 15.2.